The van der Waals surface area contributed by atoms with Gasteiger partial charge in [-0.05, 0) is 72.3 Å². The van der Waals surface area contributed by atoms with Crippen molar-refractivity contribution in [1.29, 1.82) is 0 Å². The summed E-state index contributed by atoms with van der Waals surface area (Å²) in [5.41, 5.74) is 0.620. The Morgan fingerprint density at radius 1 is 1.29 bits per heavy atom. The molecule has 1 heterocycles. The normalized spacial score (nSPS) is 12.7. The predicted molar refractivity (Wildman–Crippen MR) is 148 cm³/mol. The first-order valence-corrected chi connectivity index (χ1v) is 12.8. The van der Waals surface area contributed by atoms with Gasteiger partial charge in [-0.3, -0.25) is 4.79 Å². The average Bonchev–Trinajstić information content (AvgIpc) is 2.79. The molecule has 0 fully saturated rings. The van der Waals surface area contributed by atoms with Crippen molar-refractivity contribution in [2.45, 2.75) is 46.1 Å². The van der Waals surface area contributed by atoms with Crippen molar-refractivity contribution in [2.75, 3.05) is 13.7 Å². The summed E-state index contributed by atoms with van der Waals surface area (Å²) in [5.74, 6) is 0.950. The summed E-state index contributed by atoms with van der Waals surface area (Å²) in [7, 11) is 1.31. The van der Waals surface area contributed by atoms with Crippen LogP contribution in [0.4, 0.5) is 0 Å². The first-order chi connectivity index (χ1) is 16.5. The van der Waals surface area contributed by atoms with E-state index in [9.17, 15) is 9.59 Å². The molecule has 0 bridgehead atoms. The highest BCUT2D eigenvalue weighted by Crippen LogP contribution is 2.35. The molecule has 0 unspecified atom stereocenters. The standard InChI is InChI=1S/C25H27BrIN3O5/c1-7-34-20-11-15(10-18(27)21(20)35-14(2)23(32)33-6)13-28-30-22(31)17-12-16(26)8-9-19(17)29-24(30)25(3,4)5/h8-14H,7H2,1-6H3/t14-/m0/s1. The summed E-state index contributed by atoms with van der Waals surface area (Å²) in [6.07, 6.45) is 0.781. The zero-order valence-electron chi connectivity index (χ0n) is 20.4. The van der Waals surface area contributed by atoms with Crippen LogP contribution in [-0.2, 0) is 14.9 Å². The molecule has 2 aromatic carbocycles. The van der Waals surface area contributed by atoms with E-state index in [1.165, 1.54) is 11.8 Å². The lowest BCUT2D eigenvalue weighted by molar-refractivity contribution is -0.148. The molecule has 8 nitrogen and oxygen atoms in total. The van der Waals surface area contributed by atoms with Gasteiger partial charge in [0.2, 0.25) is 0 Å². The summed E-state index contributed by atoms with van der Waals surface area (Å²) in [6, 6.07) is 9.00. The van der Waals surface area contributed by atoms with Crippen LogP contribution in [0.5, 0.6) is 11.5 Å². The molecule has 0 saturated carbocycles. The summed E-state index contributed by atoms with van der Waals surface area (Å²) in [6.45, 7) is 9.81. The molecule has 0 aliphatic carbocycles. The van der Waals surface area contributed by atoms with Gasteiger partial charge in [0.1, 0.15) is 5.82 Å². The Bertz CT molecular complexity index is 1350. The number of hydrogen-bond donors (Lipinski definition) is 0. The molecule has 0 spiro atoms. The topological polar surface area (TPSA) is 92.0 Å². The monoisotopic (exact) mass is 655 g/mol. The number of fused-ring (bicyclic) bond motifs is 1. The molecule has 0 radical (unpaired) electrons. The van der Waals surface area contributed by atoms with Gasteiger partial charge in [-0.25, -0.2) is 9.78 Å². The number of carbonyl (C=O) groups excluding carboxylic acids is 1. The van der Waals surface area contributed by atoms with Gasteiger partial charge < -0.3 is 14.2 Å². The van der Waals surface area contributed by atoms with Gasteiger partial charge in [-0.15, -0.1) is 0 Å². The van der Waals surface area contributed by atoms with Crippen molar-refractivity contribution in [1.82, 2.24) is 9.66 Å². The molecular formula is C25H27BrIN3O5. The lowest BCUT2D eigenvalue weighted by Crippen LogP contribution is -2.29. The lowest BCUT2D eigenvalue weighted by Gasteiger charge is -2.21. The average molecular weight is 656 g/mol. The van der Waals surface area contributed by atoms with Crippen LogP contribution in [-0.4, -0.2) is 41.7 Å². The Hall–Kier alpha value is -2.47. The van der Waals surface area contributed by atoms with E-state index in [1.807, 2.05) is 45.9 Å². The van der Waals surface area contributed by atoms with E-state index in [2.05, 4.69) is 43.6 Å². The molecule has 186 valence electrons. The first kappa shape index (κ1) is 27.1. The van der Waals surface area contributed by atoms with Crippen molar-refractivity contribution in [3.05, 3.63) is 60.1 Å². The molecule has 1 atom stereocenters. The largest absolute Gasteiger partial charge is 0.490 e. The minimum atomic E-state index is -0.803. The van der Waals surface area contributed by atoms with E-state index >= 15 is 0 Å². The Morgan fingerprint density at radius 2 is 2.00 bits per heavy atom. The zero-order valence-corrected chi connectivity index (χ0v) is 24.1. The third-order valence-electron chi connectivity index (χ3n) is 4.96. The number of benzene rings is 2. The number of hydrogen-bond acceptors (Lipinski definition) is 7. The number of rotatable bonds is 7. The number of ether oxygens (including phenoxy) is 3. The van der Waals surface area contributed by atoms with Crippen LogP contribution in [0.2, 0.25) is 0 Å². The fourth-order valence-corrected chi connectivity index (χ4v) is 4.41. The minimum absolute atomic E-state index is 0.260. The van der Waals surface area contributed by atoms with Gasteiger partial charge in [0.25, 0.3) is 5.56 Å². The van der Waals surface area contributed by atoms with Crippen LogP contribution in [0.15, 0.2) is 44.7 Å². The van der Waals surface area contributed by atoms with Crippen LogP contribution >= 0.6 is 38.5 Å². The summed E-state index contributed by atoms with van der Waals surface area (Å²) >= 11 is 5.53. The molecule has 0 N–H and O–H groups in total. The minimum Gasteiger partial charge on any atom is -0.490 e. The second-order valence-electron chi connectivity index (χ2n) is 8.75. The van der Waals surface area contributed by atoms with E-state index in [1.54, 1.807) is 25.3 Å². The highest BCUT2D eigenvalue weighted by molar-refractivity contribution is 14.1. The molecule has 3 aromatic rings. The van der Waals surface area contributed by atoms with Crippen LogP contribution in [0.3, 0.4) is 0 Å². The third-order valence-corrected chi connectivity index (χ3v) is 6.26. The van der Waals surface area contributed by atoms with Gasteiger partial charge in [0.15, 0.2) is 17.6 Å². The van der Waals surface area contributed by atoms with Crippen molar-refractivity contribution < 1.29 is 19.0 Å². The Morgan fingerprint density at radius 3 is 2.63 bits per heavy atom. The lowest BCUT2D eigenvalue weighted by atomic mass is 9.95. The summed E-state index contributed by atoms with van der Waals surface area (Å²) in [5, 5.41) is 4.99. The molecule has 0 amide bonds. The van der Waals surface area contributed by atoms with Crippen molar-refractivity contribution in [2.24, 2.45) is 5.10 Å². The van der Waals surface area contributed by atoms with E-state index < -0.39 is 17.5 Å². The van der Waals surface area contributed by atoms with Crippen molar-refractivity contribution >= 4 is 61.6 Å². The smallest absolute Gasteiger partial charge is 0.346 e. The highest BCUT2D eigenvalue weighted by atomic mass is 127. The third kappa shape index (κ3) is 6.21. The maximum absolute atomic E-state index is 13.4. The second-order valence-corrected chi connectivity index (χ2v) is 10.8. The number of esters is 1. The molecular weight excluding hydrogens is 629 g/mol. The van der Waals surface area contributed by atoms with Gasteiger partial charge in [-0.2, -0.15) is 9.78 Å². The Balaban J connectivity index is 2.11. The molecule has 35 heavy (non-hydrogen) atoms. The number of methoxy groups -OCH3 is 1. The van der Waals surface area contributed by atoms with Crippen LogP contribution < -0.4 is 15.0 Å². The first-order valence-electron chi connectivity index (χ1n) is 10.9. The molecule has 10 heteroatoms. The number of carbonyl (C=O) groups is 1. The van der Waals surface area contributed by atoms with E-state index in [-0.39, 0.29) is 5.56 Å². The van der Waals surface area contributed by atoms with E-state index in [4.69, 9.17) is 19.2 Å². The fraction of sp³-hybridized carbons (Fsp3) is 0.360. The van der Waals surface area contributed by atoms with E-state index in [0.717, 1.165) is 8.04 Å². The quantitative estimate of drug-likeness (QED) is 0.195. The molecule has 0 aliphatic rings. The number of nitrogens with zero attached hydrogens (tertiary/aromatic N) is 3. The number of aromatic nitrogens is 2. The SMILES string of the molecule is CCOc1cc(C=Nn2c(C(C)(C)C)nc3ccc(Br)cc3c2=O)cc(I)c1O[C@@H](C)C(=O)OC. The van der Waals surface area contributed by atoms with Crippen molar-refractivity contribution in [3.63, 3.8) is 0 Å². The molecule has 1 aromatic heterocycles. The zero-order chi connectivity index (χ0) is 25.9. The summed E-state index contributed by atoms with van der Waals surface area (Å²) in [4.78, 5) is 29.9. The van der Waals surface area contributed by atoms with Gasteiger partial charge in [0.05, 0.1) is 34.4 Å². The predicted octanol–water partition coefficient (Wildman–Crippen LogP) is 5.28. The van der Waals surface area contributed by atoms with Crippen LogP contribution in [0, 0.1) is 3.57 Å². The Kier molecular flexibility index (Phi) is 8.58. The highest BCUT2D eigenvalue weighted by Gasteiger charge is 2.23. The molecule has 3 rings (SSSR count). The van der Waals surface area contributed by atoms with Crippen LogP contribution in [0.1, 0.15) is 46.0 Å². The van der Waals surface area contributed by atoms with Crippen molar-refractivity contribution in [3.8, 4) is 11.5 Å². The number of halogens is 2. The van der Waals surface area contributed by atoms with Crippen LogP contribution in [0.25, 0.3) is 10.9 Å². The summed E-state index contributed by atoms with van der Waals surface area (Å²) < 4.78 is 19.2. The molecule has 0 saturated heterocycles. The van der Waals surface area contributed by atoms with Gasteiger partial charge in [-0.1, -0.05) is 36.7 Å². The van der Waals surface area contributed by atoms with Gasteiger partial charge in [0, 0.05) is 9.89 Å². The maximum atomic E-state index is 13.4. The van der Waals surface area contributed by atoms with E-state index in [0.29, 0.717) is 40.4 Å². The maximum Gasteiger partial charge on any atom is 0.346 e. The Labute approximate surface area is 225 Å². The fourth-order valence-electron chi connectivity index (χ4n) is 3.30. The molecule has 0 aliphatic heterocycles. The van der Waals surface area contributed by atoms with Gasteiger partial charge >= 0.3 is 5.97 Å². The second kappa shape index (κ2) is 11.1.